The van der Waals surface area contributed by atoms with E-state index >= 15 is 0 Å². The van der Waals surface area contributed by atoms with Crippen molar-refractivity contribution in [2.45, 2.75) is 188 Å². The number of halogens is 6. The molecule has 12 aromatic rings. The van der Waals surface area contributed by atoms with Crippen LogP contribution in [0.5, 0.6) is 0 Å². The normalized spacial score (nSPS) is 22.2. The summed E-state index contributed by atoms with van der Waals surface area (Å²) in [5.74, 6) is 5.91. The molecule has 116 heavy (non-hydrogen) atoms. The third kappa shape index (κ3) is 23.1. The summed E-state index contributed by atoms with van der Waals surface area (Å²) in [5, 5.41) is 18.1. The van der Waals surface area contributed by atoms with Crippen LogP contribution < -0.4 is 21.7 Å². The molecule has 5 N–H and O–H groups in total. The van der Waals surface area contributed by atoms with Gasteiger partial charge in [0, 0.05) is 86.1 Å². The number of nitrogens with one attached hydrogen (secondary N) is 3. The number of aryl methyl sites for hydroxylation is 1. The molecule has 9 fully saturated rings. The van der Waals surface area contributed by atoms with E-state index in [9.17, 15) is 0 Å². The third-order valence-electron chi connectivity index (χ3n) is 22.1. The molecule has 0 unspecified atom stereocenters. The first kappa shape index (κ1) is 88.3. The van der Waals surface area contributed by atoms with Crippen molar-refractivity contribution in [1.82, 2.24) is 49.0 Å². The van der Waals surface area contributed by atoms with Crippen LogP contribution in [0, 0.1) is 35.5 Å². The Kier molecular flexibility index (Phi) is 30.4. The summed E-state index contributed by atoms with van der Waals surface area (Å²) < 4.78 is 37.6. The Bertz CT molecular complexity index is 5150. The van der Waals surface area contributed by atoms with E-state index in [2.05, 4.69) is 199 Å². The van der Waals surface area contributed by atoms with Gasteiger partial charge in [0.15, 0.2) is 11.6 Å². The lowest BCUT2D eigenvalue weighted by Gasteiger charge is -2.24. The number of pyridine rings is 4. The molecule has 21 rings (SSSR count). The molecular weight excluding hydrogens is 1720 g/mol. The van der Waals surface area contributed by atoms with Gasteiger partial charge in [-0.05, 0) is 262 Å². The molecule has 6 aliphatic carbocycles. The highest BCUT2D eigenvalue weighted by atomic mass is 79.9. The van der Waals surface area contributed by atoms with E-state index in [0.29, 0.717) is 21.4 Å². The zero-order chi connectivity index (χ0) is 78.3. The number of aromatic nitrogens is 10. The predicted octanol–water partition coefficient (Wildman–Crippen LogP) is 23.9. The van der Waals surface area contributed by atoms with Crippen LogP contribution in [0.2, 0.25) is 15.5 Å². The van der Waals surface area contributed by atoms with Crippen molar-refractivity contribution in [3.63, 3.8) is 0 Å². The maximum Gasteiger partial charge on any atom is 0.163 e. The van der Waals surface area contributed by atoms with Crippen molar-refractivity contribution in [2.24, 2.45) is 41.2 Å². The Morgan fingerprint density at radius 3 is 1.30 bits per heavy atom. The lowest BCUT2D eigenvalue weighted by atomic mass is 9.95. The van der Waals surface area contributed by atoms with Gasteiger partial charge < -0.3 is 54.5 Å². The van der Waals surface area contributed by atoms with Crippen LogP contribution in [-0.4, -0.2) is 124 Å². The molecule has 0 radical (unpaired) electrons. The number of hydrogen-bond donors (Lipinski definition) is 4. The van der Waals surface area contributed by atoms with Gasteiger partial charge in [-0.15, -0.1) is 6.58 Å². The van der Waals surface area contributed by atoms with Crippen molar-refractivity contribution < 1.29 is 23.7 Å². The van der Waals surface area contributed by atoms with Crippen molar-refractivity contribution in [1.29, 1.82) is 0 Å². The Labute approximate surface area is 722 Å². The number of rotatable bonds is 16. The topological polar surface area (TPSA) is 221 Å². The van der Waals surface area contributed by atoms with Crippen LogP contribution in [0.3, 0.4) is 0 Å². The maximum absolute atomic E-state index is 6.46. The van der Waals surface area contributed by atoms with Crippen LogP contribution in [0.1, 0.15) is 151 Å². The Morgan fingerprint density at radius 2 is 0.879 bits per heavy atom. The minimum atomic E-state index is -0.599. The number of hydrogen-bond acceptors (Lipinski definition) is 17. The molecule has 25 heteroatoms. The third-order valence-corrected chi connectivity index (χ3v) is 24.4. The molecule has 9 aliphatic rings. The highest BCUT2D eigenvalue weighted by molar-refractivity contribution is 9.11. The molecule has 4 aromatic carbocycles. The molecule has 3 aliphatic heterocycles. The van der Waals surface area contributed by atoms with Gasteiger partial charge in [-0.1, -0.05) is 141 Å². The zero-order valence-corrected chi connectivity index (χ0v) is 71.3. The fraction of sp³-hybridized carbons (Fsp3) is 0.451. The van der Waals surface area contributed by atoms with Crippen molar-refractivity contribution in [2.75, 3.05) is 55.3 Å². The van der Waals surface area contributed by atoms with Gasteiger partial charge in [0.25, 0.3) is 0 Å². The largest absolute Gasteiger partial charge is 0.381 e. The van der Waals surface area contributed by atoms with Crippen molar-refractivity contribution in [3.8, 4) is 0 Å². The van der Waals surface area contributed by atoms with Crippen LogP contribution in [-0.2, 0) is 30.1 Å². The Morgan fingerprint density at radius 1 is 0.483 bits per heavy atom. The van der Waals surface area contributed by atoms with Crippen molar-refractivity contribution in [3.05, 3.63) is 206 Å². The van der Waals surface area contributed by atoms with Gasteiger partial charge >= 0.3 is 0 Å². The average molecular weight is 1830 g/mol. The first-order valence-corrected chi connectivity index (χ1v) is 43.3. The zero-order valence-electron chi connectivity index (χ0n) is 64.2. The molecule has 3 saturated heterocycles. The van der Waals surface area contributed by atoms with E-state index in [-0.39, 0.29) is 64.7 Å². The minimum absolute atomic E-state index is 0. The van der Waals surface area contributed by atoms with E-state index in [1.165, 1.54) is 98.6 Å². The van der Waals surface area contributed by atoms with Gasteiger partial charge in [-0.2, -0.15) is 0 Å². The number of nitrogens with two attached hydrogens (primary N) is 1. The number of anilines is 3. The second-order valence-corrected chi connectivity index (χ2v) is 35.8. The van der Waals surface area contributed by atoms with Gasteiger partial charge in [0.2, 0.25) is 0 Å². The highest BCUT2D eigenvalue weighted by Crippen LogP contribution is 2.51. The summed E-state index contributed by atoms with van der Waals surface area (Å²) in [4.78, 5) is 35.4. The molecular formula is C91H110Br3Cl3N14O5. The van der Waals surface area contributed by atoms with E-state index in [0.717, 1.165) is 169 Å². The monoisotopic (exact) mass is 1820 g/mol. The molecule has 0 bridgehead atoms. The van der Waals surface area contributed by atoms with E-state index in [4.69, 9.17) is 69.2 Å². The molecule has 616 valence electrons. The average Bonchev–Trinajstić information content (AvgIpc) is 1.59. The molecule has 8 aromatic heterocycles. The Hall–Kier alpha value is -7.03. The first-order chi connectivity index (χ1) is 54.7. The first-order valence-electron chi connectivity index (χ1n) is 39.8. The summed E-state index contributed by atoms with van der Waals surface area (Å²) in [6, 6.07) is 45.5. The van der Waals surface area contributed by atoms with Crippen LogP contribution in [0.15, 0.2) is 185 Å². The standard InChI is InChI=1S/C29H32ClN5O2.C16H18ClN3O2.2C13H13BrN2.C9H5BrClN.C4H9N.C4H8O.3CH4/c1-29(2)36-25-20(14-23(26(25)37-29)35-12-11-21-27(30)32-16-33-28(21)35)8-6-17-5-7-19-9-10-24(34-22(19)13-17)31-15-18-3-4-18;1-4-9-7-11(13-12(9)21-16(2,3)22-13)20-6-5-10-14(17)18-8-19-15(10)20;2*14-11-5-3-10-4-6-13(16-12(10)7-11)15-8-9-1-2-9;10-7-3-1-6-2-4-9(11)12-8(6)5-7;5-3-4-1-2-4;1-2-4-5-3-1;;;/h5,7,9-13,16,18,20,23,25-26H,3-4,6,8,14-15H2,1-2H3,(H,31,34);4-6,8-9,11-13H,1,7H2,2-3H3;2*3-7,9H,1-2,8H2,(H,15,16);1-5H;4H,1-3,5H2;1-4H2;3*1H4/t20-,23+,25+,26-;9-,11+,12+,13-;;;;;;;;/m00......../s1. The second kappa shape index (κ2) is 39.9. The highest BCUT2D eigenvalue weighted by Gasteiger charge is 2.55. The summed E-state index contributed by atoms with van der Waals surface area (Å²) >= 11 is 28.5. The SMILES string of the molecule is Brc1ccc2ccc(NCC3CC3)nc2c1.Brc1ccc2ccc(NCC3CC3)nc2c1.C.C.C.C1CCOC1.C=C[C@H]1C[C@@H](n2ccc3c(Cl)ncnc32)[C@@H]2OC(C)(C)O[C@@H]21.CC1(C)O[C@@H]2[C@@H](CCc3ccc4ccc(NCC5CC5)nc4c3)C[C@@H](n3ccc4c(Cl)ncnc43)[C@@H]2O1.Clc1ccc2ccc(Br)cc2n1.NCC1CC1. The Balaban J connectivity index is 0.000000135. The smallest absolute Gasteiger partial charge is 0.163 e. The minimum Gasteiger partial charge on any atom is -0.381 e. The van der Waals surface area contributed by atoms with Gasteiger partial charge in [0.1, 0.15) is 69.1 Å². The van der Waals surface area contributed by atoms with E-state index in [1.54, 1.807) is 6.07 Å². The second-order valence-electron chi connectivity index (χ2n) is 31.9. The quantitative estimate of drug-likeness (QED) is 0.0401. The van der Waals surface area contributed by atoms with Crippen LogP contribution >= 0.6 is 82.6 Å². The summed E-state index contributed by atoms with van der Waals surface area (Å²) in [7, 11) is 0. The predicted molar refractivity (Wildman–Crippen MR) is 486 cm³/mol. The number of benzene rings is 4. The summed E-state index contributed by atoms with van der Waals surface area (Å²) in [6.07, 6.45) is 26.5. The molecule has 6 saturated carbocycles. The number of fused-ring (bicyclic) bond motifs is 8. The number of ether oxygens (including phenoxy) is 5. The maximum atomic E-state index is 6.46. The van der Waals surface area contributed by atoms with Gasteiger partial charge in [-0.3, -0.25) is 0 Å². The van der Waals surface area contributed by atoms with Gasteiger partial charge in [-0.25, -0.2) is 39.9 Å². The molecule has 0 spiro atoms. The fourth-order valence-electron chi connectivity index (χ4n) is 15.3. The fourth-order valence-corrected chi connectivity index (χ4v) is 16.9. The molecule has 19 nitrogen and oxygen atoms in total. The number of nitrogens with zero attached hydrogens (tertiary/aromatic N) is 10. The molecule has 8 atom stereocenters. The lowest BCUT2D eigenvalue weighted by Crippen LogP contribution is -2.27. The summed E-state index contributed by atoms with van der Waals surface area (Å²) in [6.45, 7) is 17.9. The van der Waals surface area contributed by atoms with E-state index < -0.39 is 11.6 Å². The molecule has 0 amide bonds. The van der Waals surface area contributed by atoms with Crippen LogP contribution in [0.25, 0.3) is 65.7 Å². The van der Waals surface area contributed by atoms with Crippen LogP contribution in [0.4, 0.5) is 17.5 Å². The van der Waals surface area contributed by atoms with E-state index in [1.807, 2.05) is 88.5 Å². The van der Waals surface area contributed by atoms with Crippen molar-refractivity contribution >= 4 is 166 Å². The summed E-state index contributed by atoms with van der Waals surface area (Å²) in [5.41, 5.74) is 12.3. The van der Waals surface area contributed by atoms with Gasteiger partial charge in [0.05, 0.1) is 57.1 Å². The molecule has 11 heterocycles. The lowest BCUT2D eigenvalue weighted by molar-refractivity contribution is -0.160.